The zero-order chi connectivity index (χ0) is 48.1. The number of thiophene rings is 1. The van der Waals surface area contributed by atoms with Gasteiger partial charge in [0, 0.05) is 41.7 Å². The van der Waals surface area contributed by atoms with E-state index < -0.39 is 10.8 Å². The van der Waals surface area contributed by atoms with Crippen LogP contribution in [-0.2, 0) is 10.8 Å². The van der Waals surface area contributed by atoms with Gasteiger partial charge in [-0.25, -0.2) is 0 Å². The Balaban J connectivity index is 1.07. The third-order valence-corrected chi connectivity index (χ3v) is 17.1. The molecule has 0 bridgehead atoms. The highest BCUT2D eigenvalue weighted by Gasteiger charge is 2.49. The summed E-state index contributed by atoms with van der Waals surface area (Å²) in [4.78, 5) is 5.21. The molecule has 0 radical (unpaired) electrons. The largest absolute Gasteiger partial charge is 0.309 e. The fraction of sp³-hybridized carbons (Fsp3) is 0.0286. The molecule has 15 rings (SSSR count). The molecule has 0 spiro atoms. The van der Waals surface area contributed by atoms with Gasteiger partial charge in [-0.15, -0.1) is 11.3 Å². The Bertz CT molecular complexity index is 4090. The molecule has 0 saturated carbocycles. The highest BCUT2D eigenvalue weighted by atomic mass is 32.1. The fourth-order valence-corrected chi connectivity index (χ4v) is 14.2. The first-order chi connectivity index (χ1) is 36.3. The summed E-state index contributed by atoms with van der Waals surface area (Å²) in [5.41, 5.74) is 15.7. The third-order valence-electron chi connectivity index (χ3n) is 15.9. The summed E-state index contributed by atoms with van der Waals surface area (Å²) in [6.45, 7) is 0. The first kappa shape index (κ1) is 41.7. The van der Waals surface area contributed by atoms with Gasteiger partial charge in [0.1, 0.15) is 0 Å². The molecule has 13 aromatic rings. The Kier molecular flexibility index (Phi) is 9.30. The number of rotatable bonds is 6. The molecule has 2 nitrogen and oxygen atoms in total. The van der Waals surface area contributed by atoms with Crippen LogP contribution in [0.2, 0.25) is 0 Å². The summed E-state index contributed by atoms with van der Waals surface area (Å²) in [5, 5.41) is 7.29. The Morgan fingerprint density at radius 2 is 0.548 bits per heavy atom. The van der Waals surface area contributed by atoms with E-state index in [1.54, 1.807) is 0 Å². The lowest BCUT2D eigenvalue weighted by Crippen LogP contribution is -2.38. The van der Waals surface area contributed by atoms with E-state index in [4.69, 9.17) is 0 Å². The van der Waals surface area contributed by atoms with Gasteiger partial charge in [0.15, 0.2) is 0 Å². The van der Waals surface area contributed by atoms with Gasteiger partial charge in [-0.1, -0.05) is 243 Å². The molecule has 0 aliphatic carbocycles. The lowest BCUT2D eigenvalue weighted by molar-refractivity contribution is 0.731. The Hall–Kier alpha value is -9.02. The Labute approximate surface area is 428 Å². The smallest absolute Gasteiger partial charge is 0.0742 e. The number of fused-ring (bicyclic) bond motifs is 9. The van der Waals surface area contributed by atoms with Crippen LogP contribution in [0.15, 0.2) is 279 Å². The third kappa shape index (κ3) is 5.80. The zero-order valence-corrected chi connectivity index (χ0v) is 40.7. The molecule has 1 aromatic heterocycles. The van der Waals surface area contributed by atoms with Gasteiger partial charge in [0.2, 0.25) is 0 Å². The van der Waals surface area contributed by atoms with E-state index in [0.717, 1.165) is 22.7 Å². The molecule has 0 saturated heterocycles. The first-order valence-electron chi connectivity index (χ1n) is 25.3. The number of benzene rings is 12. The lowest BCUT2D eigenvalue weighted by Gasteiger charge is -2.48. The van der Waals surface area contributed by atoms with Crippen LogP contribution in [-0.4, -0.2) is 0 Å². The molecule has 2 aliphatic rings. The summed E-state index contributed by atoms with van der Waals surface area (Å²) < 4.78 is 2.56. The zero-order valence-electron chi connectivity index (χ0n) is 39.9. The maximum atomic E-state index is 2.63. The van der Waals surface area contributed by atoms with Crippen molar-refractivity contribution in [2.75, 3.05) is 9.80 Å². The van der Waals surface area contributed by atoms with Crippen LogP contribution >= 0.6 is 11.3 Å². The van der Waals surface area contributed by atoms with E-state index in [1.165, 1.54) is 97.6 Å². The van der Waals surface area contributed by atoms with Crippen molar-refractivity contribution in [3.05, 3.63) is 324 Å². The van der Waals surface area contributed by atoms with E-state index in [-0.39, 0.29) is 0 Å². The average molecular weight is 947 g/mol. The van der Waals surface area contributed by atoms with Crippen molar-refractivity contribution in [3.8, 4) is 0 Å². The molecule has 0 fully saturated rings. The maximum absolute atomic E-state index is 2.63. The van der Waals surface area contributed by atoms with E-state index in [1.807, 2.05) is 11.3 Å². The first-order valence-corrected chi connectivity index (χ1v) is 26.1. The van der Waals surface area contributed by atoms with Gasteiger partial charge < -0.3 is 9.80 Å². The van der Waals surface area contributed by atoms with Gasteiger partial charge in [0.05, 0.1) is 45.0 Å². The van der Waals surface area contributed by atoms with Crippen molar-refractivity contribution < 1.29 is 0 Å². The molecule has 0 amide bonds. The normalized spacial score (nSPS) is 14.2. The van der Waals surface area contributed by atoms with Crippen LogP contribution in [0.1, 0.15) is 44.5 Å². The number of hydrogen-bond acceptors (Lipinski definition) is 3. The summed E-state index contributed by atoms with van der Waals surface area (Å²) >= 11 is 1.88. The Morgan fingerprint density at radius 3 is 0.959 bits per heavy atom. The summed E-state index contributed by atoms with van der Waals surface area (Å²) in [6, 6.07) is 104. The highest BCUT2D eigenvalue weighted by molar-refractivity contribution is 7.25. The highest BCUT2D eigenvalue weighted by Crippen LogP contribution is 2.63. The SMILES string of the molecule is c1ccc(C2(c3ccccc3)c3ccccc3N(c3c4ccccc4c(N4c5ccccc5C(c5ccccc5)(c5ccccc5)c5cc6c(cc54)sc4ccccc46)c4ccccc34)c3ccccc32)cc1. The summed E-state index contributed by atoms with van der Waals surface area (Å²) in [5.74, 6) is 0. The van der Waals surface area contributed by atoms with Gasteiger partial charge in [-0.2, -0.15) is 0 Å². The summed E-state index contributed by atoms with van der Waals surface area (Å²) in [6.07, 6.45) is 0. The van der Waals surface area contributed by atoms with Crippen LogP contribution in [0.25, 0.3) is 41.7 Å². The fourth-order valence-electron chi connectivity index (χ4n) is 13.1. The van der Waals surface area contributed by atoms with Crippen molar-refractivity contribution in [3.63, 3.8) is 0 Å². The number of nitrogens with zero attached hydrogens (tertiary/aromatic N) is 2. The minimum absolute atomic E-state index is 0.582. The molecule has 0 atom stereocenters. The van der Waals surface area contributed by atoms with Gasteiger partial charge >= 0.3 is 0 Å². The van der Waals surface area contributed by atoms with Crippen molar-refractivity contribution >= 4 is 87.2 Å². The van der Waals surface area contributed by atoms with Crippen LogP contribution < -0.4 is 9.80 Å². The number of para-hydroxylation sites is 3. The van der Waals surface area contributed by atoms with Gasteiger partial charge in [0.25, 0.3) is 0 Å². The van der Waals surface area contributed by atoms with E-state index >= 15 is 0 Å². The quantitative estimate of drug-likeness (QED) is 0.153. The van der Waals surface area contributed by atoms with Crippen LogP contribution in [0.4, 0.5) is 34.1 Å². The maximum Gasteiger partial charge on any atom is 0.0742 e. The van der Waals surface area contributed by atoms with Gasteiger partial charge in [-0.3, -0.25) is 0 Å². The molecule has 0 unspecified atom stereocenters. The van der Waals surface area contributed by atoms with Gasteiger partial charge in [-0.05, 0) is 80.9 Å². The molecule has 3 heteroatoms. The molecule has 342 valence electrons. The van der Waals surface area contributed by atoms with Crippen molar-refractivity contribution in [2.45, 2.75) is 10.8 Å². The minimum atomic E-state index is -0.640. The number of hydrogen-bond donors (Lipinski definition) is 0. The van der Waals surface area contributed by atoms with Crippen molar-refractivity contribution in [2.24, 2.45) is 0 Å². The second kappa shape index (κ2) is 16.3. The minimum Gasteiger partial charge on any atom is -0.309 e. The van der Waals surface area contributed by atoms with Crippen molar-refractivity contribution in [1.82, 2.24) is 0 Å². The van der Waals surface area contributed by atoms with Crippen LogP contribution in [0.3, 0.4) is 0 Å². The topological polar surface area (TPSA) is 6.48 Å². The number of anilines is 6. The van der Waals surface area contributed by atoms with E-state index in [9.17, 15) is 0 Å². The molecule has 12 aromatic carbocycles. The second-order valence-electron chi connectivity index (χ2n) is 19.4. The monoisotopic (exact) mass is 946 g/mol. The van der Waals surface area contributed by atoms with E-state index in [0.29, 0.717) is 0 Å². The summed E-state index contributed by atoms with van der Waals surface area (Å²) in [7, 11) is 0. The second-order valence-corrected chi connectivity index (χ2v) is 20.5. The standard InChI is InChI=1S/C70H46N2S/c1-5-25-47(26-6-1)69(48-27-7-2-8-28-48)57-38-18-21-41-61(57)71(62-42-22-19-39-58(62)69)67-52-34-13-15-36-54(52)68(55-37-16-14-35-53(55)67)72-63-43-23-20-40-59(63)70(49-29-9-3-10-30-49,50-31-11-4-12-32-50)60-45-56-51-33-17-24-44-65(51)73-66(56)46-64(60)72/h1-46H. The van der Waals surface area contributed by atoms with E-state index in [2.05, 4.69) is 289 Å². The molecular weight excluding hydrogens is 901 g/mol. The molecule has 2 aliphatic heterocycles. The van der Waals surface area contributed by atoms with Crippen LogP contribution in [0.5, 0.6) is 0 Å². The predicted octanol–water partition coefficient (Wildman–Crippen LogP) is 18.7. The van der Waals surface area contributed by atoms with Crippen molar-refractivity contribution in [1.29, 1.82) is 0 Å². The molecule has 3 heterocycles. The van der Waals surface area contributed by atoms with Crippen LogP contribution in [0, 0.1) is 0 Å². The molecule has 73 heavy (non-hydrogen) atoms. The predicted molar refractivity (Wildman–Crippen MR) is 307 cm³/mol. The average Bonchev–Trinajstić information content (AvgIpc) is 3.84. The lowest BCUT2D eigenvalue weighted by atomic mass is 9.62. The molecule has 0 N–H and O–H groups in total. The Morgan fingerprint density at radius 1 is 0.233 bits per heavy atom. The molecular formula is C70H46N2S.